The van der Waals surface area contributed by atoms with Crippen molar-refractivity contribution >= 4 is 11.8 Å². The number of aliphatic hydroxyl groups excluding tert-OH is 1. The molecule has 0 fully saturated rings. The number of pyridine rings is 1. The average molecular weight is 390 g/mol. The summed E-state index contributed by atoms with van der Waals surface area (Å²) in [5, 5.41) is 10.5. The fraction of sp³-hybridized carbons (Fsp3) is 0.381. The molecule has 0 aliphatic carbocycles. The maximum Gasteiger partial charge on any atom is 0.119 e. The molecule has 3 N–H and O–H groups in total. The second-order valence-corrected chi connectivity index (χ2v) is 7.52. The van der Waals surface area contributed by atoms with Gasteiger partial charge in [-0.1, -0.05) is 38.3 Å². The topological polar surface area (TPSA) is 71.6 Å². The van der Waals surface area contributed by atoms with Crippen molar-refractivity contribution in [2.75, 3.05) is 20.3 Å². The predicted molar refractivity (Wildman–Crippen MR) is 114 cm³/mol. The largest absolute Gasteiger partial charge is 0.497 e. The number of aliphatic hydroxyl groups is 1. The van der Waals surface area contributed by atoms with Crippen LogP contribution >= 0.6 is 11.8 Å². The lowest BCUT2D eigenvalue weighted by atomic mass is 10.1. The quantitative estimate of drug-likeness (QED) is 0.440. The van der Waals surface area contributed by atoms with Gasteiger partial charge in [0.1, 0.15) is 5.76 Å². The van der Waals surface area contributed by atoms with Crippen LogP contribution in [0.4, 0.5) is 0 Å². The highest BCUT2D eigenvalue weighted by atomic mass is 32.2. The van der Waals surface area contributed by atoms with Crippen molar-refractivity contribution in [2.45, 2.75) is 27.3 Å². The monoisotopic (exact) mass is 389 g/mol. The van der Waals surface area contributed by atoms with Crippen LogP contribution in [0.1, 0.15) is 26.3 Å². The molecule has 0 atom stereocenters. The molecule has 0 aromatic carbocycles. The van der Waals surface area contributed by atoms with Crippen molar-refractivity contribution in [3.8, 4) is 0 Å². The summed E-state index contributed by atoms with van der Waals surface area (Å²) in [6.07, 6.45) is 8.98. The van der Waals surface area contributed by atoms with Crippen molar-refractivity contribution < 1.29 is 9.84 Å². The molecule has 0 saturated carbocycles. The summed E-state index contributed by atoms with van der Waals surface area (Å²) < 4.78 is 5.35. The Morgan fingerprint density at radius 2 is 2.07 bits per heavy atom. The third-order valence-electron chi connectivity index (χ3n) is 3.77. The highest BCUT2D eigenvalue weighted by Gasteiger charge is 2.17. The molecule has 1 aromatic heterocycles. The molecule has 0 amide bonds. The molecule has 0 aliphatic heterocycles. The van der Waals surface area contributed by atoms with Gasteiger partial charge in [-0.05, 0) is 47.6 Å². The van der Waals surface area contributed by atoms with Crippen LogP contribution in [0.2, 0.25) is 0 Å². The van der Waals surface area contributed by atoms with Crippen molar-refractivity contribution in [3.63, 3.8) is 0 Å². The SMILES string of the molecule is C=C/C=C(\C=C(/C)S/C(=C(/N)C(C)C)N(CCO)Cc1ccncc1)OC. The van der Waals surface area contributed by atoms with Crippen LogP contribution in [-0.2, 0) is 11.3 Å². The second-order valence-electron chi connectivity index (χ2n) is 6.28. The first-order valence-corrected chi connectivity index (χ1v) is 9.71. The fourth-order valence-electron chi connectivity index (χ4n) is 2.31. The lowest BCUT2D eigenvalue weighted by molar-refractivity contribution is 0.228. The molecular formula is C21H31N3O2S. The number of nitrogens with zero attached hydrogens (tertiary/aromatic N) is 2. The van der Waals surface area contributed by atoms with E-state index >= 15 is 0 Å². The fourth-order valence-corrected chi connectivity index (χ4v) is 3.43. The average Bonchev–Trinajstić information content (AvgIpc) is 2.65. The first kappa shape index (κ1) is 22.9. The molecule has 0 saturated heterocycles. The van der Waals surface area contributed by atoms with E-state index in [1.54, 1.807) is 37.3 Å². The standard InChI is InChI=1S/C21H31N3O2S/c1-6-7-19(26-5)14-17(4)27-21(20(22)16(2)3)24(12-13-25)15-18-8-10-23-11-9-18/h6-11,14,16,25H,1,12-13,15,22H2,2-5H3/b17-14+,19-7+,21-20+. The maximum absolute atomic E-state index is 9.59. The van der Waals surface area contributed by atoms with Crippen molar-refractivity contribution in [1.29, 1.82) is 0 Å². The van der Waals surface area contributed by atoms with Crippen LogP contribution < -0.4 is 5.73 Å². The minimum Gasteiger partial charge on any atom is -0.497 e. The molecular weight excluding hydrogens is 358 g/mol. The van der Waals surface area contributed by atoms with Crippen molar-refractivity contribution in [1.82, 2.24) is 9.88 Å². The lowest BCUT2D eigenvalue weighted by Gasteiger charge is -2.29. The highest BCUT2D eigenvalue weighted by Crippen LogP contribution is 2.33. The summed E-state index contributed by atoms with van der Waals surface area (Å²) in [4.78, 5) is 7.20. The van der Waals surface area contributed by atoms with Crippen molar-refractivity contribution in [3.05, 3.63) is 76.3 Å². The van der Waals surface area contributed by atoms with Gasteiger partial charge in [0.2, 0.25) is 0 Å². The number of hydrogen-bond acceptors (Lipinski definition) is 6. The summed E-state index contributed by atoms with van der Waals surface area (Å²) in [5.74, 6) is 0.907. The summed E-state index contributed by atoms with van der Waals surface area (Å²) in [5.41, 5.74) is 8.35. The van der Waals surface area contributed by atoms with Crippen molar-refractivity contribution in [2.24, 2.45) is 11.7 Å². The van der Waals surface area contributed by atoms with E-state index in [9.17, 15) is 5.11 Å². The Labute approximate surface area is 167 Å². The summed E-state index contributed by atoms with van der Waals surface area (Å²) in [6, 6.07) is 3.94. The molecule has 148 valence electrons. The third kappa shape index (κ3) is 7.93. The minimum absolute atomic E-state index is 0.0446. The van der Waals surface area contributed by atoms with Crippen LogP contribution in [0.15, 0.2) is 70.7 Å². The molecule has 0 radical (unpaired) electrons. The molecule has 1 aromatic rings. The van der Waals surface area contributed by atoms with Gasteiger partial charge in [-0.25, -0.2) is 0 Å². The Morgan fingerprint density at radius 3 is 2.59 bits per heavy atom. The van der Waals surface area contributed by atoms with E-state index < -0.39 is 0 Å². The molecule has 1 rings (SSSR count). The van der Waals surface area contributed by atoms with Crippen LogP contribution in [0.3, 0.4) is 0 Å². The van der Waals surface area contributed by atoms with E-state index in [1.165, 1.54) is 0 Å². The second kappa shape index (κ2) is 12.3. The summed E-state index contributed by atoms with van der Waals surface area (Å²) in [6.45, 7) is 11.0. The molecule has 0 bridgehead atoms. The van der Waals surface area contributed by atoms with Gasteiger partial charge < -0.3 is 20.5 Å². The van der Waals surface area contributed by atoms with Crippen LogP contribution in [-0.4, -0.2) is 35.3 Å². The molecule has 6 heteroatoms. The summed E-state index contributed by atoms with van der Waals surface area (Å²) in [7, 11) is 1.63. The molecule has 0 unspecified atom stereocenters. The molecule has 1 heterocycles. The van der Waals surface area contributed by atoms with E-state index in [1.807, 2.05) is 31.2 Å². The maximum atomic E-state index is 9.59. The molecule has 0 spiro atoms. The number of rotatable bonds is 11. The van der Waals surface area contributed by atoms with Gasteiger partial charge in [-0.15, -0.1) is 0 Å². The first-order chi connectivity index (χ1) is 12.9. The Hall–Kier alpha value is -2.18. The van der Waals surface area contributed by atoms with E-state index in [0.717, 1.165) is 27.0 Å². The minimum atomic E-state index is 0.0446. The van der Waals surface area contributed by atoms with Gasteiger partial charge in [0, 0.05) is 31.2 Å². The van der Waals surface area contributed by atoms with Gasteiger partial charge in [-0.2, -0.15) is 0 Å². The van der Waals surface area contributed by atoms with Gasteiger partial charge >= 0.3 is 0 Å². The van der Waals surface area contributed by atoms with Gasteiger partial charge in [0.25, 0.3) is 0 Å². The molecule has 27 heavy (non-hydrogen) atoms. The smallest absolute Gasteiger partial charge is 0.119 e. The zero-order chi connectivity index (χ0) is 20.2. The number of ether oxygens (including phenoxy) is 1. The summed E-state index contributed by atoms with van der Waals surface area (Å²) >= 11 is 1.58. The number of allylic oxidation sites excluding steroid dienone is 5. The molecule has 0 aliphatic rings. The Balaban J connectivity index is 3.21. The normalized spacial score (nSPS) is 13.4. The van der Waals surface area contributed by atoms with Crippen LogP contribution in [0.5, 0.6) is 0 Å². The number of methoxy groups -OCH3 is 1. The number of nitrogens with two attached hydrogens (primary N) is 1. The lowest BCUT2D eigenvalue weighted by Crippen LogP contribution is -2.28. The van der Waals surface area contributed by atoms with E-state index in [4.69, 9.17) is 10.5 Å². The molecule has 5 nitrogen and oxygen atoms in total. The zero-order valence-electron chi connectivity index (χ0n) is 16.7. The highest BCUT2D eigenvalue weighted by molar-refractivity contribution is 8.06. The Bertz CT molecular complexity index is 682. The predicted octanol–water partition coefficient (Wildman–Crippen LogP) is 4.01. The first-order valence-electron chi connectivity index (χ1n) is 8.90. The third-order valence-corrected chi connectivity index (χ3v) is 4.90. The van der Waals surface area contributed by atoms with Gasteiger partial charge in [-0.3, -0.25) is 4.98 Å². The van der Waals surface area contributed by atoms with E-state index in [2.05, 4.69) is 30.3 Å². The Kier molecular flexibility index (Phi) is 10.4. The number of hydrogen-bond donors (Lipinski definition) is 2. The van der Waals surface area contributed by atoms with Crippen LogP contribution in [0.25, 0.3) is 0 Å². The van der Waals surface area contributed by atoms with Crippen LogP contribution in [0, 0.1) is 5.92 Å². The van der Waals surface area contributed by atoms with Gasteiger partial charge in [0.15, 0.2) is 0 Å². The number of thioether (sulfide) groups is 1. The van der Waals surface area contributed by atoms with E-state index in [0.29, 0.717) is 13.1 Å². The Morgan fingerprint density at radius 1 is 1.41 bits per heavy atom. The van der Waals surface area contributed by atoms with E-state index in [-0.39, 0.29) is 12.5 Å². The zero-order valence-corrected chi connectivity index (χ0v) is 17.5. The van der Waals surface area contributed by atoms with Gasteiger partial charge in [0.05, 0.1) is 18.7 Å². The number of aromatic nitrogens is 1.